The van der Waals surface area contributed by atoms with Crippen LogP contribution in [0.15, 0.2) is 82.2 Å². The topological polar surface area (TPSA) is 75.7 Å². The Morgan fingerprint density at radius 1 is 1.06 bits per heavy atom. The lowest BCUT2D eigenvalue weighted by molar-refractivity contribution is -0.123. The molecule has 0 aromatic heterocycles. The summed E-state index contributed by atoms with van der Waals surface area (Å²) in [6, 6.07) is 21.0. The van der Waals surface area contributed by atoms with Gasteiger partial charge in [-0.25, -0.2) is 8.42 Å². The molecule has 6 nitrogen and oxygen atoms in total. The van der Waals surface area contributed by atoms with E-state index in [1.54, 1.807) is 55.5 Å². The summed E-state index contributed by atoms with van der Waals surface area (Å²) in [5, 5.41) is 2.90. The number of aryl methyl sites for hydroxylation is 1. The number of carbonyl (C=O) groups excluding carboxylic acids is 1. The van der Waals surface area contributed by atoms with Crippen LogP contribution in [0.3, 0.4) is 0 Å². The van der Waals surface area contributed by atoms with E-state index in [4.69, 9.17) is 4.74 Å². The van der Waals surface area contributed by atoms with E-state index in [0.717, 1.165) is 15.6 Å². The van der Waals surface area contributed by atoms with Gasteiger partial charge in [-0.05, 0) is 74.9 Å². The minimum absolute atomic E-state index is 0.142. The molecule has 0 unspecified atom stereocenters. The summed E-state index contributed by atoms with van der Waals surface area (Å²) in [6.45, 7) is 5.74. The van der Waals surface area contributed by atoms with Gasteiger partial charge in [0.15, 0.2) is 6.61 Å². The molecule has 0 saturated heterocycles. The number of hydrogen-bond acceptors (Lipinski definition) is 4. The van der Waals surface area contributed by atoms with Gasteiger partial charge in [0, 0.05) is 11.0 Å². The Morgan fingerprint density at radius 3 is 2.33 bits per heavy atom. The third-order valence-corrected chi connectivity index (χ3v) is 7.53. The molecule has 0 bridgehead atoms. The molecule has 0 aliphatic rings. The third kappa shape index (κ3) is 6.36. The van der Waals surface area contributed by atoms with Crippen molar-refractivity contribution in [2.45, 2.75) is 31.7 Å². The van der Waals surface area contributed by atoms with Crippen LogP contribution in [0.2, 0.25) is 0 Å². The molecule has 0 heterocycles. The van der Waals surface area contributed by atoms with E-state index in [1.807, 2.05) is 38.1 Å². The van der Waals surface area contributed by atoms with Gasteiger partial charge >= 0.3 is 0 Å². The second-order valence-electron chi connectivity index (χ2n) is 7.61. The maximum absolute atomic E-state index is 13.1. The molecule has 0 radical (unpaired) electrons. The number of sulfonamides is 1. The number of nitrogens with zero attached hydrogens (tertiary/aromatic N) is 1. The molecule has 0 fully saturated rings. The Hall–Kier alpha value is -2.84. The average molecular weight is 531 g/mol. The Kier molecular flexibility index (Phi) is 8.15. The third-order valence-electron chi connectivity index (χ3n) is 5.12. The van der Waals surface area contributed by atoms with Gasteiger partial charge in [-0.15, -0.1) is 0 Å². The van der Waals surface area contributed by atoms with Crippen molar-refractivity contribution in [3.63, 3.8) is 0 Å². The van der Waals surface area contributed by atoms with Crippen LogP contribution in [0.25, 0.3) is 0 Å². The quantitative estimate of drug-likeness (QED) is 0.411. The molecule has 1 atom stereocenters. The maximum atomic E-state index is 13.1. The summed E-state index contributed by atoms with van der Waals surface area (Å²) in [7, 11) is -3.68. The number of hydrogen-bond donors (Lipinski definition) is 1. The predicted octanol–water partition coefficient (Wildman–Crippen LogP) is 5.23. The second kappa shape index (κ2) is 10.9. The van der Waals surface area contributed by atoms with Crippen molar-refractivity contribution in [2.75, 3.05) is 17.5 Å². The van der Waals surface area contributed by atoms with Crippen molar-refractivity contribution in [1.82, 2.24) is 5.32 Å². The number of halogens is 1. The minimum atomic E-state index is -3.68. The summed E-state index contributed by atoms with van der Waals surface area (Å²) in [5.74, 6) is 0.233. The zero-order chi connectivity index (χ0) is 24.0. The SMILES string of the molecule is CCN(c1ccc(OCC(=O)N[C@@H](C)c2cccc(Br)c2)cc1)S(=O)(=O)c1ccc(C)cc1. The molecular formula is C25H27BrN2O4S. The fourth-order valence-corrected chi connectivity index (χ4v) is 5.22. The standard InChI is InChI=1S/C25H27BrN2O4S/c1-4-28(33(30,31)24-14-8-18(2)9-15-24)22-10-12-23(13-11-22)32-17-25(29)27-19(3)20-6-5-7-21(26)16-20/h5-16,19H,4,17H2,1-3H3,(H,27,29)/t19-/m0/s1. The second-order valence-corrected chi connectivity index (χ2v) is 10.4. The van der Waals surface area contributed by atoms with Gasteiger partial charge in [0.05, 0.1) is 16.6 Å². The fraction of sp³-hybridized carbons (Fsp3) is 0.240. The van der Waals surface area contributed by atoms with E-state index in [-0.39, 0.29) is 30.0 Å². The smallest absolute Gasteiger partial charge is 0.264 e. The largest absolute Gasteiger partial charge is 0.484 e. The highest BCUT2D eigenvalue weighted by Gasteiger charge is 2.23. The molecule has 0 aliphatic heterocycles. The first-order chi connectivity index (χ1) is 15.7. The predicted molar refractivity (Wildman–Crippen MR) is 134 cm³/mol. The molecule has 33 heavy (non-hydrogen) atoms. The van der Waals surface area contributed by atoms with Gasteiger partial charge in [0.2, 0.25) is 0 Å². The molecule has 1 amide bonds. The average Bonchev–Trinajstić information content (AvgIpc) is 2.79. The van der Waals surface area contributed by atoms with Gasteiger partial charge in [-0.3, -0.25) is 9.10 Å². The van der Waals surface area contributed by atoms with E-state index >= 15 is 0 Å². The highest BCUT2D eigenvalue weighted by atomic mass is 79.9. The van der Waals surface area contributed by atoms with Crippen LogP contribution in [0.5, 0.6) is 5.75 Å². The van der Waals surface area contributed by atoms with Crippen LogP contribution >= 0.6 is 15.9 Å². The number of rotatable bonds is 9. The van der Waals surface area contributed by atoms with E-state index in [1.165, 1.54) is 4.31 Å². The normalized spacial score (nSPS) is 12.1. The van der Waals surface area contributed by atoms with Crippen LogP contribution in [-0.4, -0.2) is 27.5 Å². The summed E-state index contributed by atoms with van der Waals surface area (Å²) >= 11 is 3.43. The highest BCUT2D eigenvalue weighted by Crippen LogP contribution is 2.26. The molecule has 174 valence electrons. The molecule has 0 spiro atoms. The van der Waals surface area contributed by atoms with Gasteiger partial charge in [0.1, 0.15) is 5.75 Å². The van der Waals surface area contributed by atoms with Gasteiger partial charge in [0.25, 0.3) is 15.9 Å². The molecule has 3 aromatic carbocycles. The zero-order valence-corrected chi connectivity index (χ0v) is 21.2. The van der Waals surface area contributed by atoms with E-state index in [9.17, 15) is 13.2 Å². The van der Waals surface area contributed by atoms with Crippen molar-refractivity contribution < 1.29 is 17.9 Å². The summed E-state index contributed by atoms with van der Waals surface area (Å²) < 4.78 is 34.0. The lowest BCUT2D eigenvalue weighted by atomic mass is 10.1. The van der Waals surface area contributed by atoms with Crippen LogP contribution in [0.1, 0.15) is 31.0 Å². The van der Waals surface area contributed by atoms with Gasteiger partial charge in [-0.2, -0.15) is 0 Å². The first-order valence-corrected chi connectivity index (χ1v) is 12.8. The number of carbonyl (C=O) groups is 1. The van der Waals surface area contributed by atoms with Crippen LogP contribution in [-0.2, 0) is 14.8 Å². The molecule has 3 rings (SSSR count). The van der Waals surface area contributed by atoms with Gasteiger partial charge in [-0.1, -0.05) is 45.8 Å². The fourth-order valence-electron chi connectivity index (χ4n) is 3.33. The van der Waals surface area contributed by atoms with E-state index in [0.29, 0.717) is 11.4 Å². The maximum Gasteiger partial charge on any atom is 0.264 e. The lowest BCUT2D eigenvalue weighted by Crippen LogP contribution is -2.31. The van der Waals surface area contributed by atoms with E-state index < -0.39 is 10.0 Å². The number of nitrogens with one attached hydrogen (secondary N) is 1. The molecule has 3 aromatic rings. The van der Waals surface area contributed by atoms with Crippen LogP contribution < -0.4 is 14.4 Å². The lowest BCUT2D eigenvalue weighted by Gasteiger charge is -2.23. The summed E-state index contributed by atoms with van der Waals surface area (Å²) in [4.78, 5) is 12.5. The number of anilines is 1. The summed E-state index contributed by atoms with van der Waals surface area (Å²) in [5.41, 5.74) is 2.50. The van der Waals surface area contributed by atoms with Gasteiger partial charge < -0.3 is 10.1 Å². The highest BCUT2D eigenvalue weighted by molar-refractivity contribution is 9.10. The molecule has 1 N–H and O–H groups in total. The van der Waals surface area contributed by atoms with Crippen molar-refractivity contribution in [2.24, 2.45) is 0 Å². The number of benzene rings is 3. The Labute approximate surface area is 203 Å². The van der Waals surface area contributed by atoms with Crippen molar-refractivity contribution >= 4 is 37.5 Å². The zero-order valence-electron chi connectivity index (χ0n) is 18.8. The molecule has 0 aliphatic carbocycles. The van der Waals surface area contributed by atoms with Crippen LogP contribution in [0.4, 0.5) is 5.69 Å². The Bertz CT molecular complexity index is 1200. The monoisotopic (exact) mass is 530 g/mol. The number of ether oxygens (including phenoxy) is 1. The first-order valence-electron chi connectivity index (χ1n) is 10.6. The van der Waals surface area contributed by atoms with Crippen molar-refractivity contribution in [3.8, 4) is 5.75 Å². The van der Waals surface area contributed by atoms with E-state index in [2.05, 4.69) is 21.2 Å². The molecule has 8 heteroatoms. The molecule has 0 saturated carbocycles. The Morgan fingerprint density at radius 2 is 1.73 bits per heavy atom. The van der Waals surface area contributed by atoms with Crippen LogP contribution in [0, 0.1) is 6.92 Å². The number of amides is 1. The molecular weight excluding hydrogens is 504 g/mol. The van der Waals surface area contributed by atoms with Crippen molar-refractivity contribution in [3.05, 3.63) is 88.4 Å². The first kappa shape index (κ1) is 24.8. The Balaban J connectivity index is 1.62. The van der Waals surface area contributed by atoms with Crippen molar-refractivity contribution in [1.29, 1.82) is 0 Å². The minimum Gasteiger partial charge on any atom is -0.484 e. The summed E-state index contributed by atoms with van der Waals surface area (Å²) in [6.07, 6.45) is 0.